The van der Waals surface area contributed by atoms with Crippen LogP contribution in [0.5, 0.6) is 5.75 Å². The quantitative estimate of drug-likeness (QED) is 0.653. The summed E-state index contributed by atoms with van der Waals surface area (Å²) in [5, 5.41) is 4.54. The van der Waals surface area contributed by atoms with Crippen molar-refractivity contribution in [1.29, 1.82) is 0 Å². The minimum absolute atomic E-state index is 0.0283. The number of rotatable bonds is 5. The number of anilines is 1. The molecule has 0 aliphatic carbocycles. The molecule has 2 aromatic carbocycles. The van der Waals surface area contributed by atoms with E-state index in [1.165, 1.54) is 10.7 Å². The van der Waals surface area contributed by atoms with Crippen molar-refractivity contribution in [3.8, 4) is 11.4 Å². The van der Waals surface area contributed by atoms with Crippen LogP contribution in [0.2, 0.25) is 0 Å². The van der Waals surface area contributed by atoms with Crippen LogP contribution in [0.15, 0.2) is 71.5 Å². The summed E-state index contributed by atoms with van der Waals surface area (Å²) >= 11 is 0. The highest BCUT2D eigenvalue weighted by molar-refractivity contribution is 5.78. The Morgan fingerprint density at radius 1 is 0.933 bits per heavy atom. The number of aromatic nitrogens is 2. The molecule has 1 fully saturated rings. The lowest BCUT2D eigenvalue weighted by atomic mass is 10.2. The number of para-hydroxylation sites is 1. The molecule has 0 saturated carbocycles. The van der Waals surface area contributed by atoms with E-state index in [-0.39, 0.29) is 18.1 Å². The van der Waals surface area contributed by atoms with Crippen LogP contribution in [0, 0.1) is 6.92 Å². The third-order valence-corrected chi connectivity index (χ3v) is 5.13. The Bertz CT molecular complexity index is 1060. The highest BCUT2D eigenvalue weighted by Gasteiger charge is 2.22. The normalized spacial score (nSPS) is 13.9. The smallest absolute Gasteiger partial charge is 0.271 e. The van der Waals surface area contributed by atoms with Crippen LogP contribution >= 0.6 is 0 Å². The van der Waals surface area contributed by atoms with Gasteiger partial charge < -0.3 is 14.5 Å². The van der Waals surface area contributed by atoms with E-state index in [0.717, 1.165) is 17.1 Å². The van der Waals surface area contributed by atoms with Gasteiger partial charge in [-0.2, -0.15) is 4.68 Å². The lowest BCUT2D eigenvalue weighted by Crippen LogP contribution is -2.50. The molecule has 1 aromatic heterocycles. The molecule has 0 N–H and O–H groups in total. The Hall–Kier alpha value is -3.61. The third kappa shape index (κ3) is 4.51. The second-order valence-corrected chi connectivity index (χ2v) is 7.25. The maximum atomic E-state index is 12.4. The van der Waals surface area contributed by atoms with E-state index in [0.29, 0.717) is 31.9 Å². The van der Waals surface area contributed by atoms with Gasteiger partial charge in [-0.05, 0) is 37.3 Å². The van der Waals surface area contributed by atoms with E-state index >= 15 is 0 Å². The molecule has 2 heterocycles. The standard InChI is InChI=1S/C23H24N4O3/c1-18-7-9-19(10-8-18)27-22(28)12-11-21(24-27)25-13-15-26(16-14-25)23(29)17-30-20-5-3-2-4-6-20/h2-12H,13-17H2,1H3. The number of carbonyl (C=O) groups excluding carboxylic acids is 1. The van der Waals surface area contributed by atoms with E-state index in [9.17, 15) is 9.59 Å². The summed E-state index contributed by atoms with van der Waals surface area (Å²) in [6, 6.07) is 20.3. The van der Waals surface area contributed by atoms with Crippen LogP contribution in [0.4, 0.5) is 5.82 Å². The Morgan fingerprint density at radius 2 is 1.63 bits per heavy atom. The third-order valence-electron chi connectivity index (χ3n) is 5.13. The van der Waals surface area contributed by atoms with Crippen molar-refractivity contribution in [3.63, 3.8) is 0 Å². The van der Waals surface area contributed by atoms with Crippen molar-refractivity contribution in [1.82, 2.24) is 14.7 Å². The maximum Gasteiger partial charge on any atom is 0.271 e. The first kappa shape index (κ1) is 19.7. The van der Waals surface area contributed by atoms with Crippen LogP contribution in [0.3, 0.4) is 0 Å². The minimum atomic E-state index is -0.172. The van der Waals surface area contributed by atoms with Gasteiger partial charge in [-0.1, -0.05) is 35.9 Å². The van der Waals surface area contributed by atoms with Gasteiger partial charge in [-0.3, -0.25) is 9.59 Å². The molecule has 30 heavy (non-hydrogen) atoms. The molecule has 0 unspecified atom stereocenters. The molecule has 1 aliphatic heterocycles. The first-order valence-electron chi connectivity index (χ1n) is 9.98. The fourth-order valence-electron chi connectivity index (χ4n) is 3.38. The zero-order valence-corrected chi connectivity index (χ0v) is 16.9. The molecule has 7 heteroatoms. The van der Waals surface area contributed by atoms with Gasteiger partial charge in [0, 0.05) is 32.2 Å². The van der Waals surface area contributed by atoms with E-state index in [1.54, 1.807) is 11.0 Å². The number of hydrogen-bond acceptors (Lipinski definition) is 5. The fraction of sp³-hybridized carbons (Fsp3) is 0.261. The second-order valence-electron chi connectivity index (χ2n) is 7.25. The molecule has 1 amide bonds. The molecule has 154 valence electrons. The van der Waals surface area contributed by atoms with Gasteiger partial charge in [0.05, 0.1) is 5.69 Å². The molecule has 0 atom stereocenters. The summed E-state index contributed by atoms with van der Waals surface area (Å²) in [5.41, 5.74) is 1.69. The van der Waals surface area contributed by atoms with Gasteiger partial charge in [-0.15, -0.1) is 5.10 Å². The monoisotopic (exact) mass is 404 g/mol. The Morgan fingerprint density at radius 3 is 2.33 bits per heavy atom. The number of amides is 1. The average molecular weight is 404 g/mol. The molecule has 0 radical (unpaired) electrons. The van der Waals surface area contributed by atoms with Gasteiger partial charge in [0.2, 0.25) is 0 Å². The summed E-state index contributed by atoms with van der Waals surface area (Å²) < 4.78 is 6.98. The van der Waals surface area contributed by atoms with E-state index in [2.05, 4.69) is 10.00 Å². The summed E-state index contributed by atoms with van der Waals surface area (Å²) in [4.78, 5) is 28.6. The van der Waals surface area contributed by atoms with Crippen LogP contribution in [-0.2, 0) is 4.79 Å². The highest BCUT2D eigenvalue weighted by Crippen LogP contribution is 2.14. The van der Waals surface area contributed by atoms with Crippen molar-refractivity contribution in [2.75, 3.05) is 37.7 Å². The summed E-state index contributed by atoms with van der Waals surface area (Å²) in [5.74, 6) is 1.38. The summed E-state index contributed by atoms with van der Waals surface area (Å²) in [6.07, 6.45) is 0. The second kappa shape index (κ2) is 8.82. The Labute approximate surface area is 175 Å². The molecule has 1 aliphatic rings. The molecule has 4 rings (SSSR count). The van der Waals surface area contributed by atoms with Crippen LogP contribution in [-0.4, -0.2) is 53.4 Å². The number of piperazine rings is 1. The maximum absolute atomic E-state index is 12.4. The number of hydrogen-bond donors (Lipinski definition) is 0. The lowest BCUT2D eigenvalue weighted by molar-refractivity contribution is -0.133. The van der Waals surface area contributed by atoms with E-state index in [1.807, 2.05) is 61.5 Å². The highest BCUT2D eigenvalue weighted by atomic mass is 16.5. The Balaban J connectivity index is 1.38. The van der Waals surface area contributed by atoms with Gasteiger partial charge >= 0.3 is 0 Å². The number of nitrogens with zero attached hydrogens (tertiary/aromatic N) is 4. The van der Waals surface area contributed by atoms with E-state index < -0.39 is 0 Å². The van der Waals surface area contributed by atoms with Crippen molar-refractivity contribution in [2.45, 2.75) is 6.92 Å². The van der Waals surface area contributed by atoms with E-state index in [4.69, 9.17) is 4.74 Å². The summed E-state index contributed by atoms with van der Waals surface area (Å²) in [7, 11) is 0. The van der Waals surface area contributed by atoms with Gasteiger partial charge in [-0.25, -0.2) is 0 Å². The summed E-state index contributed by atoms with van der Waals surface area (Å²) in [6.45, 7) is 4.50. The molecule has 7 nitrogen and oxygen atoms in total. The molecule has 1 saturated heterocycles. The largest absolute Gasteiger partial charge is 0.484 e. The predicted molar refractivity (Wildman–Crippen MR) is 115 cm³/mol. The number of carbonyl (C=O) groups is 1. The topological polar surface area (TPSA) is 67.7 Å². The number of benzene rings is 2. The first-order chi connectivity index (χ1) is 14.6. The molecule has 0 bridgehead atoms. The van der Waals surface area contributed by atoms with Crippen molar-refractivity contribution < 1.29 is 9.53 Å². The van der Waals surface area contributed by atoms with Crippen LogP contribution in [0.1, 0.15) is 5.56 Å². The predicted octanol–water partition coefficient (Wildman–Crippen LogP) is 2.27. The number of aryl methyl sites for hydroxylation is 1. The van der Waals surface area contributed by atoms with Crippen LogP contribution in [0.25, 0.3) is 5.69 Å². The van der Waals surface area contributed by atoms with Crippen molar-refractivity contribution >= 4 is 11.7 Å². The van der Waals surface area contributed by atoms with Gasteiger partial charge in [0.25, 0.3) is 11.5 Å². The number of ether oxygens (including phenoxy) is 1. The van der Waals surface area contributed by atoms with Crippen LogP contribution < -0.4 is 15.2 Å². The molecular weight excluding hydrogens is 380 g/mol. The Kier molecular flexibility index (Phi) is 5.79. The molecule has 0 spiro atoms. The average Bonchev–Trinajstić information content (AvgIpc) is 2.79. The lowest BCUT2D eigenvalue weighted by Gasteiger charge is -2.35. The SMILES string of the molecule is Cc1ccc(-n2nc(N3CCN(C(=O)COc4ccccc4)CC3)ccc2=O)cc1. The first-order valence-corrected chi connectivity index (χ1v) is 9.98. The molecule has 3 aromatic rings. The van der Waals surface area contributed by atoms with Gasteiger partial charge in [0.15, 0.2) is 6.61 Å². The molecular formula is C23H24N4O3. The minimum Gasteiger partial charge on any atom is -0.484 e. The zero-order valence-electron chi connectivity index (χ0n) is 16.9. The van der Waals surface area contributed by atoms with Crippen molar-refractivity contribution in [2.24, 2.45) is 0 Å². The van der Waals surface area contributed by atoms with Crippen molar-refractivity contribution in [3.05, 3.63) is 82.6 Å². The zero-order chi connectivity index (χ0) is 20.9. The van der Waals surface area contributed by atoms with Gasteiger partial charge in [0.1, 0.15) is 11.6 Å². The fourth-order valence-corrected chi connectivity index (χ4v) is 3.38.